The van der Waals surface area contributed by atoms with Gasteiger partial charge in [-0.3, -0.25) is 0 Å². The van der Waals surface area contributed by atoms with Crippen molar-refractivity contribution in [3.05, 3.63) is 106 Å². The van der Waals surface area contributed by atoms with E-state index >= 15 is 0 Å². The van der Waals surface area contributed by atoms with Gasteiger partial charge in [0.25, 0.3) is 0 Å². The van der Waals surface area contributed by atoms with Crippen molar-refractivity contribution in [2.24, 2.45) is 0 Å². The molecule has 0 aromatic heterocycles. The summed E-state index contributed by atoms with van der Waals surface area (Å²) in [6.45, 7) is 2.11. The number of halogens is 2. The van der Waals surface area contributed by atoms with Gasteiger partial charge in [-0.05, 0) is 54.4 Å². The largest absolute Gasteiger partial charge is 0.125 e. The van der Waals surface area contributed by atoms with Crippen LogP contribution in [0, 0.1) is 6.92 Å². The number of aryl methyl sites for hydroxylation is 1. The molecule has 0 saturated heterocycles. The third kappa shape index (κ3) is 5.67. The van der Waals surface area contributed by atoms with Gasteiger partial charge in [-0.2, -0.15) is 0 Å². The zero-order chi connectivity index (χ0) is 18.4. The van der Waals surface area contributed by atoms with Gasteiger partial charge in [0.1, 0.15) is 0 Å². The first-order chi connectivity index (χ1) is 12.6. The summed E-state index contributed by atoms with van der Waals surface area (Å²) in [6.07, 6.45) is 4.42. The van der Waals surface area contributed by atoms with Crippen molar-refractivity contribution in [2.75, 3.05) is 5.75 Å². The van der Waals surface area contributed by atoms with Crippen LogP contribution in [0.3, 0.4) is 0 Å². The van der Waals surface area contributed by atoms with Gasteiger partial charge in [0, 0.05) is 26.6 Å². The minimum atomic E-state index is 0.300. The highest BCUT2D eigenvalue weighted by Crippen LogP contribution is 2.29. The Balaban J connectivity index is 1.77. The van der Waals surface area contributed by atoms with E-state index in [1.54, 1.807) is 0 Å². The standard InChI is InChI=1S/C23H20Cl2S/c1-17-2-14-23(15-3-17)26-16-20(19-8-12-22(25)13-9-19)7-4-18-5-10-21(24)11-6-18/h2-15,20H,16H2,1H3/b7-4+. The highest BCUT2D eigenvalue weighted by Gasteiger charge is 2.09. The van der Waals surface area contributed by atoms with Crippen LogP contribution in [-0.2, 0) is 0 Å². The van der Waals surface area contributed by atoms with Crippen molar-refractivity contribution in [3.63, 3.8) is 0 Å². The quantitative estimate of drug-likeness (QED) is 0.380. The molecule has 0 N–H and O–H groups in total. The second-order valence-corrected chi connectivity index (χ2v) is 8.16. The third-order valence-corrected chi connectivity index (χ3v) is 5.77. The molecular weight excluding hydrogens is 379 g/mol. The molecule has 0 heterocycles. The van der Waals surface area contributed by atoms with E-state index in [1.807, 2.05) is 48.2 Å². The number of allylic oxidation sites excluding steroid dienone is 1. The van der Waals surface area contributed by atoms with E-state index in [1.165, 1.54) is 16.0 Å². The van der Waals surface area contributed by atoms with Gasteiger partial charge in [0.15, 0.2) is 0 Å². The summed E-state index contributed by atoms with van der Waals surface area (Å²) in [5, 5.41) is 1.52. The fourth-order valence-corrected chi connectivity index (χ4v) is 3.85. The van der Waals surface area contributed by atoms with E-state index in [0.717, 1.165) is 21.4 Å². The van der Waals surface area contributed by atoms with Crippen LogP contribution < -0.4 is 0 Å². The maximum Gasteiger partial charge on any atom is 0.0406 e. The number of rotatable bonds is 6. The van der Waals surface area contributed by atoms with Gasteiger partial charge >= 0.3 is 0 Å². The summed E-state index contributed by atoms with van der Waals surface area (Å²) in [5.41, 5.74) is 3.69. The predicted octanol–water partition coefficient (Wildman–Crippen LogP) is 7.89. The molecule has 1 unspecified atom stereocenters. The molecule has 0 fully saturated rings. The molecule has 0 saturated carbocycles. The Hall–Kier alpha value is -1.67. The molecule has 0 nitrogen and oxygen atoms in total. The molecule has 26 heavy (non-hydrogen) atoms. The van der Waals surface area contributed by atoms with Gasteiger partial charge in [0.2, 0.25) is 0 Å². The average molecular weight is 399 g/mol. The van der Waals surface area contributed by atoms with Crippen LogP contribution in [0.2, 0.25) is 10.0 Å². The molecule has 0 bridgehead atoms. The smallest absolute Gasteiger partial charge is 0.0406 e. The van der Waals surface area contributed by atoms with Crippen molar-refractivity contribution in [2.45, 2.75) is 17.7 Å². The van der Waals surface area contributed by atoms with Crippen LogP contribution in [0.5, 0.6) is 0 Å². The maximum absolute atomic E-state index is 6.06. The fraction of sp³-hybridized carbons (Fsp3) is 0.130. The third-order valence-electron chi connectivity index (χ3n) is 4.14. The molecule has 3 aromatic carbocycles. The van der Waals surface area contributed by atoms with Crippen LogP contribution >= 0.6 is 35.0 Å². The number of hydrogen-bond donors (Lipinski definition) is 0. The van der Waals surface area contributed by atoms with Crippen LogP contribution in [-0.4, -0.2) is 5.75 Å². The Labute approximate surface area is 169 Å². The van der Waals surface area contributed by atoms with Crippen molar-refractivity contribution >= 4 is 41.0 Å². The van der Waals surface area contributed by atoms with Gasteiger partial charge in [-0.25, -0.2) is 0 Å². The average Bonchev–Trinajstić information content (AvgIpc) is 2.65. The predicted molar refractivity (Wildman–Crippen MR) is 117 cm³/mol. The monoisotopic (exact) mass is 398 g/mol. The molecule has 0 amide bonds. The van der Waals surface area contributed by atoms with E-state index in [4.69, 9.17) is 23.2 Å². The second-order valence-electron chi connectivity index (χ2n) is 6.19. The van der Waals surface area contributed by atoms with Crippen LogP contribution in [0.25, 0.3) is 6.08 Å². The van der Waals surface area contributed by atoms with Crippen molar-refractivity contribution in [1.82, 2.24) is 0 Å². The Morgan fingerprint density at radius 1 is 0.808 bits per heavy atom. The highest BCUT2D eigenvalue weighted by atomic mass is 35.5. The molecular formula is C23H20Cl2S. The molecule has 1 atom stereocenters. The maximum atomic E-state index is 6.06. The van der Waals surface area contributed by atoms with Gasteiger partial charge in [0.05, 0.1) is 0 Å². The summed E-state index contributed by atoms with van der Waals surface area (Å²) in [7, 11) is 0. The van der Waals surface area contributed by atoms with Crippen molar-refractivity contribution in [1.29, 1.82) is 0 Å². The SMILES string of the molecule is Cc1ccc(SCC(/C=C/c2ccc(Cl)cc2)c2ccc(Cl)cc2)cc1. The summed E-state index contributed by atoms with van der Waals surface area (Å²) < 4.78 is 0. The Morgan fingerprint density at radius 3 is 2.00 bits per heavy atom. The number of hydrogen-bond acceptors (Lipinski definition) is 1. The van der Waals surface area contributed by atoms with E-state index in [2.05, 4.69) is 55.5 Å². The highest BCUT2D eigenvalue weighted by molar-refractivity contribution is 7.99. The summed E-state index contributed by atoms with van der Waals surface area (Å²) >= 11 is 13.9. The first kappa shape index (κ1) is 19.1. The van der Waals surface area contributed by atoms with Crippen LogP contribution in [0.1, 0.15) is 22.6 Å². The molecule has 0 radical (unpaired) electrons. The minimum Gasteiger partial charge on any atom is -0.125 e. The molecule has 3 rings (SSSR count). The lowest BCUT2D eigenvalue weighted by atomic mass is 9.99. The van der Waals surface area contributed by atoms with Crippen molar-refractivity contribution < 1.29 is 0 Å². The Morgan fingerprint density at radius 2 is 1.38 bits per heavy atom. The summed E-state index contributed by atoms with van der Waals surface area (Å²) in [6, 6.07) is 24.7. The van der Waals surface area contributed by atoms with E-state index in [0.29, 0.717) is 5.92 Å². The lowest BCUT2D eigenvalue weighted by Crippen LogP contribution is -1.98. The van der Waals surface area contributed by atoms with E-state index in [-0.39, 0.29) is 0 Å². The molecule has 0 aliphatic rings. The topological polar surface area (TPSA) is 0 Å². The van der Waals surface area contributed by atoms with Gasteiger partial charge in [-0.1, -0.05) is 77.3 Å². The number of thioether (sulfide) groups is 1. The zero-order valence-electron chi connectivity index (χ0n) is 14.5. The molecule has 0 aliphatic heterocycles. The van der Waals surface area contributed by atoms with Crippen LogP contribution in [0.4, 0.5) is 0 Å². The zero-order valence-corrected chi connectivity index (χ0v) is 16.9. The molecule has 132 valence electrons. The van der Waals surface area contributed by atoms with E-state index in [9.17, 15) is 0 Å². The number of benzene rings is 3. The molecule has 0 spiro atoms. The lowest BCUT2D eigenvalue weighted by molar-refractivity contribution is 0.988. The van der Waals surface area contributed by atoms with E-state index < -0.39 is 0 Å². The van der Waals surface area contributed by atoms with Crippen LogP contribution in [0.15, 0.2) is 83.8 Å². The van der Waals surface area contributed by atoms with Gasteiger partial charge < -0.3 is 0 Å². The Kier molecular flexibility index (Phi) is 6.85. The lowest BCUT2D eigenvalue weighted by Gasteiger charge is -2.14. The Bertz CT molecular complexity index is 850. The molecule has 3 heteroatoms. The first-order valence-corrected chi connectivity index (χ1v) is 10.2. The van der Waals surface area contributed by atoms with Gasteiger partial charge in [-0.15, -0.1) is 11.8 Å². The minimum absolute atomic E-state index is 0.300. The molecule has 3 aromatic rings. The molecule has 0 aliphatic carbocycles. The fourth-order valence-electron chi connectivity index (χ4n) is 2.59. The normalized spacial score (nSPS) is 12.4. The first-order valence-electron chi connectivity index (χ1n) is 8.49. The van der Waals surface area contributed by atoms with Crippen molar-refractivity contribution in [3.8, 4) is 0 Å². The summed E-state index contributed by atoms with van der Waals surface area (Å²) in [4.78, 5) is 1.29. The summed E-state index contributed by atoms with van der Waals surface area (Å²) in [5.74, 6) is 1.27. The second kappa shape index (κ2) is 9.32.